The van der Waals surface area contributed by atoms with E-state index >= 15 is 0 Å². The molecule has 0 spiro atoms. The molecule has 2 rings (SSSR count). The lowest BCUT2D eigenvalue weighted by Gasteiger charge is -2.24. The van der Waals surface area contributed by atoms with Gasteiger partial charge < -0.3 is 9.64 Å². The summed E-state index contributed by atoms with van der Waals surface area (Å²) in [5, 5.41) is 0. The van der Waals surface area contributed by atoms with Crippen LogP contribution in [0.25, 0.3) is 0 Å². The molecule has 0 aromatic heterocycles. The van der Waals surface area contributed by atoms with Gasteiger partial charge in [-0.25, -0.2) is 4.79 Å². The van der Waals surface area contributed by atoms with Crippen molar-refractivity contribution in [2.75, 3.05) is 19.7 Å². The van der Waals surface area contributed by atoms with Crippen molar-refractivity contribution in [3.05, 3.63) is 29.8 Å². The van der Waals surface area contributed by atoms with E-state index in [0.717, 1.165) is 5.56 Å². The maximum absolute atomic E-state index is 12.2. The minimum atomic E-state index is -3.77. The molecule has 0 saturated carbocycles. The summed E-state index contributed by atoms with van der Waals surface area (Å²) in [6.07, 6.45) is 0.328. The van der Waals surface area contributed by atoms with Crippen molar-refractivity contribution in [1.29, 1.82) is 0 Å². The monoisotopic (exact) mass is 355 g/mol. The van der Waals surface area contributed by atoms with Gasteiger partial charge in [0.05, 0.1) is 11.5 Å². The van der Waals surface area contributed by atoms with E-state index in [4.69, 9.17) is 8.92 Å². The average molecular weight is 355 g/mol. The summed E-state index contributed by atoms with van der Waals surface area (Å²) in [5.74, 6) is -0.0160. The molecule has 1 aromatic carbocycles. The van der Waals surface area contributed by atoms with Gasteiger partial charge in [-0.3, -0.25) is 4.18 Å². The topological polar surface area (TPSA) is 72.9 Å². The molecule has 0 aliphatic carbocycles. The molecule has 1 atom stereocenters. The summed E-state index contributed by atoms with van der Waals surface area (Å²) < 4.78 is 34.8. The fraction of sp³-hybridized carbons (Fsp3) is 0.588. The van der Waals surface area contributed by atoms with Crippen LogP contribution in [0.4, 0.5) is 4.79 Å². The largest absolute Gasteiger partial charge is 0.444 e. The predicted molar refractivity (Wildman–Crippen MR) is 90.2 cm³/mol. The van der Waals surface area contributed by atoms with Crippen molar-refractivity contribution in [3.8, 4) is 0 Å². The number of hydrogen-bond donors (Lipinski definition) is 0. The Labute approximate surface area is 143 Å². The standard InChI is InChI=1S/C17H25NO5S/c1-13-5-7-15(8-6-13)24(20,21)22-12-14-9-10-18(11-14)16(19)23-17(2,3)4/h5-8,14H,9-12H2,1-4H3/t14-/m1/s1. The number of hydrogen-bond acceptors (Lipinski definition) is 5. The number of amides is 1. The van der Waals surface area contributed by atoms with Gasteiger partial charge in [0.25, 0.3) is 10.1 Å². The minimum absolute atomic E-state index is 0.0160. The molecule has 6 nitrogen and oxygen atoms in total. The van der Waals surface area contributed by atoms with Gasteiger partial charge in [-0.1, -0.05) is 17.7 Å². The molecule has 1 fully saturated rings. The van der Waals surface area contributed by atoms with Gasteiger partial charge in [0.1, 0.15) is 5.60 Å². The Morgan fingerprint density at radius 3 is 2.46 bits per heavy atom. The highest BCUT2D eigenvalue weighted by Crippen LogP contribution is 2.22. The fourth-order valence-corrected chi connectivity index (χ4v) is 3.40. The molecule has 1 aromatic rings. The first-order chi connectivity index (χ1) is 11.1. The van der Waals surface area contributed by atoms with E-state index < -0.39 is 15.7 Å². The zero-order valence-electron chi connectivity index (χ0n) is 14.6. The molecule has 0 N–H and O–H groups in total. The maximum Gasteiger partial charge on any atom is 0.410 e. The molecule has 1 heterocycles. The van der Waals surface area contributed by atoms with Crippen molar-refractivity contribution in [2.45, 2.75) is 44.6 Å². The first-order valence-electron chi connectivity index (χ1n) is 8.01. The number of nitrogens with zero attached hydrogens (tertiary/aromatic N) is 1. The zero-order chi connectivity index (χ0) is 18.0. The minimum Gasteiger partial charge on any atom is -0.444 e. The number of likely N-dealkylation sites (tertiary alicyclic amines) is 1. The van der Waals surface area contributed by atoms with Crippen LogP contribution in [0.3, 0.4) is 0 Å². The second-order valence-corrected chi connectivity index (χ2v) is 8.75. The lowest BCUT2D eigenvalue weighted by molar-refractivity contribution is 0.0285. The molecule has 1 amide bonds. The number of aryl methyl sites for hydroxylation is 1. The first kappa shape index (κ1) is 18.7. The summed E-state index contributed by atoms with van der Waals surface area (Å²) in [6, 6.07) is 6.53. The Morgan fingerprint density at radius 1 is 1.25 bits per heavy atom. The maximum atomic E-state index is 12.2. The molecule has 7 heteroatoms. The van der Waals surface area contributed by atoms with Crippen molar-refractivity contribution in [1.82, 2.24) is 4.90 Å². The van der Waals surface area contributed by atoms with Crippen molar-refractivity contribution < 1.29 is 22.1 Å². The summed E-state index contributed by atoms with van der Waals surface area (Å²) in [6.45, 7) is 8.39. The van der Waals surface area contributed by atoms with Gasteiger partial charge in [-0.05, 0) is 46.2 Å². The normalized spacial score (nSPS) is 18.7. The second kappa shape index (κ2) is 7.11. The summed E-state index contributed by atoms with van der Waals surface area (Å²) in [5.41, 5.74) is 0.443. The molecule has 0 unspecified atom stereocenters. The summed E-state index contributed by atoms with van der Waals surface area (Å²) in [4.78, 5) is 13.7. The van der Waals surface area contributed by atoms with E-state index in [0.29, 0.717) is 19.5 Å². The first-order valence-corrected chi connectivity index (χ1v) is 9.42. The summed E-state index contributed by atoms with van der Waals surface area (Å²) >= 11 is 0. The number of carbonyl (C=O) groups is 1. The van der Waals surface area contributed by atoms with Gasteiger partial charge in [-0.15, -0.1) is 0 Å². The van der Waals surface area contributed by atoms with Crippen LogP contribution in [0.5, 0.6) is 0 Å². The lowest BCUT2D eigenvalue weighted by Crippen LogP contribution is -2.35. The van der Waals surface area contributed by atoms with Crippen molar-refractivity contribution >= 4 is 16.2 Å². The molecule has 1 saturated heterocycles. The number of rotatable bonds is 4. The van der Waals surface area contributed by atoms with Crippen LogP contribution < -0.4 is 0 Å². The molecular weight excluding hydrogens is 330 g/mol. The molecule has 24 heavy (non-hydrogen) atoms. The molecule has 134 valence electrons. The van der Waals surface area contributed by atoms with Crippen LogP contribution in [0.15, 0.2) is 29.2 Å². The highest BCUT2D eigenvalue weighted by atomic mass is 32.2. The third-order valence-electron chi connectivity index (χ3n) is 3.71. The van der Waals surface area contributed by atoms with Crippen molar-refractivity contribution in [2.24, 2.45) is 5.92 Å². The fourth-order valence-electron chi connectivity index (χ4n) is 2.42. The second-order valence-electron chi connectivity index (χ2n) is 7.13. The third-order valence-corrected chi connectivity index (χ3v) is 5.00. The smallest absolute Gasteiger partial charge is 0.410 e. The van der Waals surface area contributed by atoms with Crippen LogP contribution in [-0.2, 0) is 19.0 Å². The lowest BCUT2D eigenvalue weighted by atomic mass is 10.1. The van der Waals surface area contributed by atoms with Crippen LogP contribution in [0.2, 0.25) is 0 Å². The quantitative estimate of drug-likeness (QED) is 0.777. The Bertz CT molecular complexity index is 676. The molecule has 0 bridgehead atoms. The molecule has 1 aliphatic heterocycles. The Morgan fingerprint density at radius 2 is 1.88 bits per heavy atom. The average Bonchev–Trinajstić information content (AvgIpc) is 2.93. The van der Waals surface area contributed by atoms with E-state index in [1.54, 1.807) is 17.0 Å². The molecule has 1 aliphatic rings. The van der Waals surface area contributed by atoms with Gasteiger partial charge in [0.2, 0.25) is 0 Å². The number of carbonyl (C=O) groups excluding carboxylic acids is 1. The molecule has 0 radical (unpaired) electrons. The Hall–Kier alpha value is -1.60. The predicted octanol–water partition coefficient (Wildman–Crippen LogP) is 2.96. The van der Waals surface area contributed by atoms with E-state index in [1.807, 2.05) is 27.7 Å². The van der Waals surface area contributed by atoms with Gasteiger partial charge >= 0.3 is 6.09 Å². The number of benzene rings is 1. The zero-order valence-corrected chi connectivity index (χ0v) is 15.4. The van der Waals surface area contributed by atoms with Crippen LogP contribution in [-0.4, -0.2) is 44.7 Å². The van der Waals surface area contributed by atoms with Crippen LogP contribution in [0, 0.1) is 12.8 Å². The number of ether oxygens (including phenoxy) is 1. The van der Waals surface area contributed by atoms with Crippen LogP contribution >= 0.6 is 0 Å². The highest BCUT2D eigenvalue weighted by Gasteiger charge is 2.31. The molecular formula is C17H25NO5S. The van der Waals surface area contributed by atoms with Gasteiger partial charge in [-0.2, -0.15) is 8.42 Å². The van der Waals surface area contributed by atoms with Gasteiger partial charge in [0.15, 0.2) is 0 Å². The Balaban J connectivity index is 1.87. The van der Waals surface area contributed by atoms with E-state index in [1.165, 1.54) is 12.1 Å². The SMILES string of the molecule is Cc1ccc(S(=O)(=O)OC[C@@H]2CCN(C(=O)OC(C)(C)C)C2)cc1. The van der Waals surface area contributed by atoms with Gasteiger partial charge in [0, 0.05) is 19.0 Å². The highest BCUT2D eigenvalue weighted by molar-refractivity contribution is 7.86. The van der Waals surface area contributed by atoms with E-state index in [2.05, 4.69) is 0 Å². The van der Waals surface area contributed by atoms with Crippen molar-refractivity contribution in [3.63, 3.8) is 0 Å². The summed E-state index contributed by atoms with van der Waals surface area (Å²) in [7, 11) is -3.77. The third kappa shape index (κ3) is 5.21. The Kier molecular flexibility index (Phi) is 5.55. The van der Waals surface area contributed by atoms with E-state index in [-0.39, 0.29) is 23.5 Å². The van der Waals surface area contributed by atoms with E-state index in [9.17, 15) is 13.2 Å². The van der Waals surface area contributed by atoms with Crippen LogP contribution in [0.1, 0.15) is 32.8 Å².